The number of nitrogens with zero attached hydrogens (tertiary/aromatic N) is 1. The summed E-state index contributed by atoms with van der Waals surface area (Å²) in [5.74, 6) is -0.682. The van der Waals surface area contributed by atoms with Gasteiger partial charge < -0.3 is 5.32 Å². The highest BCUT2D eigenvalue weighted by Crippen LogP contribution is 2.17. The molecule has 6 heteroatoms. The third-order valence-corrected chi connectivity index (χ3v) is 3.60. The summed E-state index contributed by atoms with van der Waals surface area (Å²) in [5.41, 5.74) is 4.64. The van der Waals surface area contributed by atoms with Crippen molar-refractivity contribution in [2.24, 2.45) is 5.10 Å². The molecular formula is C16H15FIN3O. The average molecular weight is 411 g/mol. The zero-order valence-corrected chi connectivity index (χ0v) is 14.1. The summed E-state index contributed by atoms with van der Waals surface area (Å²) in [6.07, 6.45) is 1.28. The van der Waals surface area contributed by atoms with E-state index in [0.717, 1.165) is 14.8 Å². The molecule has 0 saturated heterocycles. The van der Waals surface area contributed by atoms with E-state index < -0.39 is 0 Å². The van der Waals surface area contributed by atoms with Gasteiger partial charge in [-0.2, -0.15) is 5.10 Å². The van der Waals surface area contributed by atoms with E-state index in [1.807, 2.05) is 25.1 Å². The van der Waals surface area contributed by atoms with Crippen molar-refractivity contribution in [2.45, 2.75) is 6.92 Å². The normalized spacial score (nSPS) is 10.7. The summed E-state index contributed by atoms with van der Waals surface area (Å²) in [6.45, 7) is 2.06. The van der Waals surface area contributed by atoms with Crippen LogP contribution in [0.4, 0.5) is 10.1 Å². The topological polar surface area (TPSA) is 53.5 Å². The van der Waals surface area contributed by atoms with Crippen LogP contribution < -0.4 is 10.7 Å². The third-order valence-electron chi connectivity index (χ3n) is 2.93. The van der Waals surface area contributed by atoms with Gasteiger partial charge in [0.05, 0.1) is 12.8 Å². The van der Waals surface area contributed by atoms with Crippen LogP contribution in [-0.2, 0) is 4.79 Å². The van der Waals surface area contributed by atoms with Gasteiger partial charge in [-0.3, -0.25) is 4.79 Å². The first-order valence-corrected chi connectivity index (χ1v) is 7.70. The largest absolute Gasteiger partial charge is 0.376 e. The Morgan fingerprint density at radius 3 is 2.82 bits per heavy atom. The van der Waals surface area contributed by atoms with Gasteiger partial charge in [0.1, 0.15) is 5.82 Å². The number of nitrogens with one attached hydrogen (secondary N) is 2. The van der Waals surface area contributed by atoms with E-state index in [1.165, 1.54) is 12.3 Å². The van der Waals surface area contributed by atoms with Gasteiger partial charge in [0, 0.05) is 14.8 Å². The summed E-state index contributed by atoms with van der Waals surface area (Å²) in [5, 5.41) is 6.78. The highest BCUT2D eigenvalue weighted by molar-refractivity contribution is 14.1. The van der Waals surface area contributed by atoms with Crippen LogP contribution in [-0.4, -0.2) is 18.7 Å². The SMILES string of the molecule is Cc1cc(I)ccc1NCC(=O)N/N=C\c1ccccc1F. The van der Waals surface area contributed by atoms with Crippen LogP contribution in [0.5, 0.6) is 0 Å². The van der Waals surface area contributed by atoms with E-state index in [9.17, 15) is 9.18 Å². The highest BCUT2D eigenvalue weighted by Gasteiger charge is 2.02. The predicted octanol–water partition coefficient (Wildman–Crippen LogP) is 3.30. The first-order chi connectivity index (χ1) is 10.6. The number of benzene rings is 2. The summed E-state index contributed by atoms with van der Waals surface area (Å²) < 4.78 is 14.5. The monoisotopic (exact) mass is 411 g/mol. The summed E-state index contributed by atoms with van der Waals surface area (Å²) >= 11 is 2.23. The minimum absolute atomic E-state index is 0.0933. The number of halogens is 2. The molecule has 22 heavy (non-hydrogen) atoms. The predicted molar refractivity (Wildman–Crippen MR) is 94.5 cm³/mol. The first-order valence-electron chi connectivity index (χ1n) is 6.63. The Labute approximate surface area is 142 Å². The van der Waals surface area contributed by atoms with E-state index >= 15 is 0 Å². The molecule has 0 aliphatic heterocycles. The van der Waals surface area contributed by atoms with E-state index in [-0.39, 0.29) is 18.3 Å². The fraction of sp³-hybridized carbons (Fsp3) is 0.125. The van der Waals surface area contributed by atoms with Crippen molar-refractivity contribution in [3.63, 3.8) is 0 Å². The Kier molecular flexibility index (Phi) is 5.88. The van der Waals surface area contributed by atoms with E-state index in [4.69, 9.17) is 0 Å². The number of aryl methyl sites for hydroxylation is 1. The van der Waals surface area contributed by atoms with Crippen molar-refractivity contribution in [1.82, 2.24) is 5.43 Å². The molecule has 0 aromatic heterocycles. The molecular weight excluding hydrogens is 396 g/mol. The molecule has 1 amide bonds. The number of anilines is 1. The molecule has 2 N–H and O–H groups in total. The number of carbonyl (C=O) groups is 1. The zero-order chi connectivity index (χ0) is 15.9. The van der Waals surface area contributed by atoms with E-state index in [0.29, 0.717) is 5.56 Å². The Morgan fingerprint density at radius 2 is 2.09 bits per heavy atom. The number of hydrazone groups is 1. The van der Waals surface area contributed by atoms with Crippen LogP contribution in [0.15, 0.2) is 47.6 Å². The fourth-order valence-corrected chi connectivity index (χ4v) is 2.44. The second-order valence-corrected chi connectivity index (χ2v) is 5.87. The lowest BCUT2D eigenvalue weighted by Crippen LogP contribution is -2.26. The smallest absolute Gasteiger partial charge is 0.259 e. The van der Waals surface area contributed by atoms with Crippen molar-refractivity contribution in [3.05, 3.63) is 63.0 Å². The maximum absolute atomic E-state index is 13.3. The molecule has 0 heterocycles. The van der Waals surface area contributed by atoms with Crippen molar-refractivity contribution in [2.75, 3.05) is 11.9 Å². The minimum Gasteiger partial charge on any atom is -0.376 e. The van der Waals surface area contributed by atoms with Gasteiger partial charge in [-0.15, -0.1) is 0 Å². The van der Waals surface area contributed by atoms with Gasteiger partial charge in [-0.05, 0) is 59.3 Å². The summed E-state index contributed by atoms with van der Waals surface area (Å²) in [7, 11) is 0. The molecule has 2 aromatic rings. The fourth-order valence-electron chi connectivity index (χ4n) is 1.79. The summed E-state index contributed by atoms with van der Waals surface area (Å²) in [6, 6.07) is 12.1. The molecule has 0 saturated carbocycles. The second-order valence-electron chi connectivity index (χ2n) is 4.63. The Bertz CT molecular complexity index is 704. The highest BCUT2D eigenvalue weighted by atomic mass is 127. The van der Waals surface area contributed by atoms with Gasteiger partial charge in [0.15, 0.2) is 0 Å². The van der Waals surface area contributed by atoms with Crippen LogP contribution >= 0.6 is 22.6 Å². The molecule has 0 unspecified atom stereocenters. The first kappa shape index (κ1) is 16.4. The number of hydrogen-bond donors (Lipinski definition) is 2. The van der Waals surface area contributed by atoms with Crippen LogP contribution in [0.25, 0.3) is 0 Å². The van der Waals surface area contributed by atoms with Crippen molar-refractivity contribution in [1.29, 1.82) is 0 Å². The molecule has 0 fully saturated rings. The van der Waals surface area contributed by atoms with Gasteiger partial charge in [0.25, 0.3) is 5.91 Å². The van der Waals surface area contributed by atoms with Gasteiger partial charge in [0.2, 0.25) is 0 Å². The lowest BCUT2D eigenvalue weighted by atomic mass is 10.2. The molecule has 0 aliphatic rings. The Morgan fingerprint density at radius 1 is 1.32 bits per heavy atom. The van der Waals surface area contributed by atoms with Crippen molar-refractivity contribution < 1.29 is 9.18 Å². The van der Waals surface area contributed by atoms with Gasteiger partial charge >= 0.3 is 0 Å². The minimum atomic E-state index is -0.381. The second kappa shape index (κ2) is 7.88. The Balaban J connectivity index is 1.84. The Hall–Kier alpha value is -1.96. The lowest BCUT2D eigenvalue weighted by Gasteiger charge is -2.08. The lowest BCUT2D eigenvalue weighted by molar-refractivity contribution is -0.119. The zero-order valence-electron chi connectivity index (χ0n) is 11.9. The van der Waals surface area contributed by atoms with Crippen molar-refractivity contribution >= 4 is 40.4 Å². The van der Waals surface area contributed by atoms with Crippen LogP contribution in [0.3, 0.4) is 0 Å². The number of carbonyl (C=O) groups excluding carboxylic acids is 1. The standard InChI is InChI=1S/C16H15FIN3O/c1-11-8-13(18)6-7-15(11)19-10-16(22)21-20-9-12-4-2-3-5-14(12)17/h2-9,19H,10H2,1H3,(H,21,22)/b20-9-. The van der Waals surface area contributed by atoms with Crippen LogP contribution in [0.2, 0.25) is 0 Å². The van der Waals surface area contributed by atoms with E-state index in [2.05, 4.69) is 38.4 Å². The van der Waals surface area contributed by atoms with Gasteiger partial charge in [-0.1, -0.05) is 18.2 Å². The third kappa shape index (κ3) is 4.80. The molecule has 0 spiro atoms. The number of amides is 1. The quantitative estimate of drug-likeness (QED) is 0.451. The van der Waals surface area contributed by atoms with E-state index in [1.54, 1.807) is 18.2 Å². The molecule has 0 radical (unpaired) electrons. The molecule has 114 valence electrons. The maximum Gasteiger partial charge on any atom is 0.259 e. The number of rotatable bonds is 5. The van der Waals surface area contributed by atoms with Gasteiger partial charge in [-0.25, -0.2) is 9.82 Å². The molecule has 2 rings (SSSR count). The average Bonchev–Trinajstić information content (AvgIpc) is 2.48. The number of hydrogen-bond acceptors (Lipinski definition) is 3. The molecule has 2 aromatic carbocycles. The molecule has 0 atom stereocenters. The summed E-state index contributed by atoms with van der Waals surface area (Å²) in [4.78, 5) is 11.7. The maximum atomic E-state index is 13.3. The molecule has 0 bridgehead atoms. The molecule has 4 nitrogen and oxygen atoms in total. The molecule has 0 aliphatic carbocycles. The van der Waals surface area contributed by atoms with Crippen LogP contribution in [0, 0.1) is 16.3 Å². The van der Waals surface area contributed by atoms with Crippen molar-refractivity contribution in [3.8, 4) is 0 Å². The van der Waals surface area contributed by atoms with Crippen LogP contribution in [0.1, 0.15) is 11.1 Å².